The van der Waals surface area contributed by atoms with Gasteiger partial charge in [0.2, 0.25) is 0 Å². The summed E-state index contributed by atoms with van der Waals surface area (Å²) in [7, 11) is 2.58. The number of benzene rings is 1. The van der Waals surface area contributed by atoms with E-state index < -0.39 is 10.9 Å². The molecule has 0 radical (unpaired) electrons. The summed E-state index contributed by atoms with van der Waals surface area (Å²) in [6, 6.07) is 2.57. The summed E-state index contributed by atoms with van der Waals surface area (Å²) in [5.74, 6) is -0.368. The fourth-order valence-electron chi connectivity index (χ4n) is 1.10. The van der Waals surface area contributed by atoms with Gasteiger partial charge < -0.3 is 9.47 Å². The number of rotatable bonds is 3. The highest BCUT2D eigenvalue weighted by atomic mass is 127. The van der Waals surface area contributed by atoms with Crippen molar-refractivity contribution in [1.82, 2.24) is 0 Å². The number of nitrogens with zero attached hydrogens (tertiary/aromatic N) is 1. The molecule has 0 bridgehead atoms. The zero-order valence-corrected chi connectivity index (χ0v) is 10.7. The second-order valence-corrected chi connectivity index (χ2v) is 3.84. The molecule has 0 aliphatic rings. The zero-order chi connectivity index (χ0) is 12.3. The monoisotopic (exact) mass is 337 g/mol. The second-order valence-electron chi connectivity index (χ2n) is 2.76. The Morgan fingerprint density at radius 2 is 2.06 bits per heavy atom. The molecule has 16 heavy (non-hydrogen) atoms. The SMILES string of the molecule is COC(=O)c1cc(OC)c(I)c([N+](=O)[O-])c1. The molecule has 1 aromatic rings. The number of methoxy groups -OCH3 is 2. The van der Waals surface area contributed by atoms with E-state index in [4.69, 9.17) is 4.74 Å². The van der Waals surface area contributed by atoms with Crippen LogP contribution in [0.3, 0.4) is 0 Å². The third kappa shape index (κ3) is 2.40. The van der Waals surface area contributed by atoms with Gasteiger partial charge in [-0.25, -0.2) is 4.79 Å². The smallest absolute Gasteiger partial charge is 0.338 e. The Hall–Kier alpha value is -1.38. The quantitative estimate of drug-likeness (QED) is 0.365. The van der Waals surface area contributed by atoms with Crippen molar-refractivity contribution in [2.75, 3.05) is 14.2 Å². The number of halogens is 1. The molecule has 7 heteroatoms. The van der Waals surface area contributed by atoms with Crippen LogP contribution < -0.4 is 4.74 Å². The van der Waals surface area contributed by atoms with Crippen molar-refractivity contribution >= 4 is 34.2 Å². The largest absolute Gasteiger partial charge is 0.495 e. The summed E-state index contributed by atoms with van der Waals surface area (Å²) in [4.78, 5) is 21.4. The molecule has 0 unspecified atom stereocenters. The van der Waals surface area contributed by atoms with Crippen molar-refractivity contribution in [2.24, 2.45) is 0 Å². The Kier molecular flexibility index (Phi) is 4.05. The molecule has 0 spiro atoms. The minimum Gasteiger partial charge on any atom is -0.495 e. The number of hydrogen-bond acceptors (Lipinski definition) is 5. The van der Waals surface area contributed by atoms with Crippen LogP contribution in [-0.4, -0.2) is 25.1 Å². The number of hydrogen-bond donors (Lipinski definition) is 0. The van der Waals surface area contributed by atoms with Crippen LogP contribution in [0.25, 0.3) is 0 Å². The molecule has 0 aliphatic carbocycles. The van der Waals surface area contributed by atoms with E-state index >= 15 is 0 Å². The van der Waals surface area contributed by atoms with Gasteiger partial charge in [-0.2, -0.15) is 0 Å². The molecule has 0 heterocycles. The molecule has 0 aliphatic heterocycles. The number of esters is 1. The van der Waals surface area contributed by atoms with Crippen molar-refractivity contribution in [3.63, 3.8) is 0 Å². The number of carbonyl (C=O) groups excluding carboxylic acids is 1. The van der Waals surface area contributed by atoms with E-state index in [2.05, 4.69) is 4.74 Å². The minimum absolute atomic E-state index is 0.0893. The van der Waals surface area contributed by atoms with Gasteiger partial charge in [-0.1, -0.05) is 0 Å². The highest BCUT2D eigenvalue weighted by Gasteiger charge is 2.21. The Labute approximate surface area is 105 Å². The fraction of sp³-hybridized carbons (Fsp3) is 0.222. The highest BCUT2D eigenvalue weighted by Crippen LogP contribution is 2.31. The van der Waals surface area contributed by atoms with Crippen molar-refractivity contribution in [2.45, 2.75) is 0 Å². The van der Waals surface area contributed by atoms with Crippen LogP contribution in [0.4, 0.5) is 5.69 Å². The Balaban J connectivity index is 3.40. The summed E-state index contributed by atoms with van der Waals surface area (Å²) in [5.41, 5.74) is -0.0909. The standard InChI is InChI=1S/C9H8INO5/c1-15-7-4-5(9(12)16-2)3-6(8(7)10)11(13)14/h3-4H,1-2H3. The highest BCUT2D eigenvalue weighted by molar-refractivity contribution is 14.1. The molecule has 1 rings (SSSR count). The van der Waals surface area contributed by atoms with Crippen molar-refractivity contribution in [3.05, 3.63) is 31.4 Å². The molecular weight excluding hydrogens is 329 g/mol. The average Bonchev–Trinajstić information content (AvgIpc) is 2.27. The Bertz CT molecular complexity index is 446. The first-order chi connectivity index (χ1) is 7.51. The summed E-state index contributed by atoms with van der Waals surface area (Å²) >= 11 is 1.79. The molecular formula is C9H8INO5. The molecule has 0 atom stereocenters. The maximum atomic E-state index is 11.3. The molecule has 1 aromatic carbocycles. The first kappa shape index (κ1) is 12.7. The Morgan fingerprint density at radius 1 is 1.44 bits per heavy atom. The predicted octanol–water partition coefficient (Wildman–Crippen LogP) is 1.99. The van der Waals surface area contributed by atoms with Gasteiger partial charge in [0.15, 0.2) is 0 Å². The summed E-state index contributed by atoms with van der Waals surface area (Å²) in [5, 5.41) is 10.7. The lowest BCUT2D eigenvalue weighted by Crippen LogP contribution is -2.04. The lowest BCUT2D eigenvalue weighted by Gasteiger charge is -2.06. The summed E-state index contributed by atoms with van der Waals surface area (Å²) in [6.45, 7) is 0. The van der Waals surface area contributed by atoms with Crippen LogP contribution in [0.2, 0.25) is 0 Å². The third-order valence-corrected chi connectivity index (χ3v) is 2.94. The fourth-order valence-corrected chi connectivity index (χ4v) is 1.83. The van der Waals surface area contributed by atoms with Gasteiger partial charge in [-0.3, -0.25) is 10.1 Å². The van der Waals surface area contributed by atoms with E-state index in [1.807, 2.05) is 0 Å². The van der Waals surface area contributed by atoms with Crippen LogP contribution >= 0.6 is 22.6 Å². The first-order valence-electron chi connectivity index (χ1n) is 4.11. The van der Waals surface area contributed by atoms with Gasteiger partial charge in [-0.05, 0) is 28.7 Å². The predicted molar refractivity (Wildman–Crippen MR) is 63.7 cm³/mol. The molecule has 0 N–H and O–H groups in total. The lowest BCUT2D eigenvalue weighted by atomic mass is 10.2. The summed E-state index contributed by atoms with van der Waals surface area (Å²) < 4.78 is 9.79. The van der Waals surface area contributed by atoms with Crippen molar-refractivity contribution < 1.29 is 19.2 Å². The topological polar surface area (TPSA) is 78.7 Å². The number of nitro groups is 1. The van der Waals surface area contributed by atoms with E-state index in [9.17, 15) is 14.9 Å². The zero-order valence-electron chi connectivity index (χ0n) is 8.52. The van der Waals surface area contributed by atoms with Crippen LogP contribution in [0.15, 0.2) is 12.1 Å². The van der Waals surface area contributed by atoms with Crippen LogP contribution in [0, 0.1) is 13.7 Å². The van der Waals surface area contributed by atoms with Gasteiger partial charge in [0, 0.05) is 6.07 Å². The Morgan fingerprint density at radius 3 is 2.50 bits per heavy atom. The minimum atomic E-state index is -0.641. The maximum Gasteiger partial charge on any atom is 0.338 e. The van der Waals surface area contributed by atoms with E-state index in [0.29, 0.717) is 3.57 Å². The number of ether oxygens (including phenoxy) is 2. The normalized spacial score (nSPS) is 9.69. The first-order valence-corrected chi connectivity index (χ1v) is 5.19. The average molecular weight is 337 g/mol. The molecule has 0 saturated carbocycles. The van der Waals surface area contributed by atoms with Gasteiger partial charge in [-0.15, -0.1) is 0 Å². The van der Waals surface area contributed by atoms with Crippen LogP contribution in [0.5, 0.6) is 5.75 Å². The van der Waals surface area contributed by atoms with Gasteiger partial charge in [0.25, 0.3) is 5.69 Å². The maximum absolute atomic E-state index is 11.3. The number of nitro benzene ring substituents is 1. The van der Waals surface area contributed by atoms with E-state index in [1.54, 1.807) is 22.6 Å². The second kappa shape index (κ2) is 5.10. The molecule has 0 fully saturated rings. The van der Waals surface area contributed by atoms with E-state index in [0.717, 1.165) is 6.07 Å². The van der Waals surface area contributed by atoms with E-state index in [1.165, 1.54) is 20.3 Å². The van der Waals surface area contributed by atoms with Crippen molar-refractivity contribution in [1.29, 1.82) is 0 Å². The summed E-state index contributed by atoms with van der Waals surface area (Å²) in [6.07, 6.45) is 0. The van der Waals surface area contributed by atoms with Gasteiger partial charge in [0.05, 0.1) is 24.7 Å². The molecule has 0 aromatic heterocycles. The van der Waals surface area contributed by atoms with Gasteiger partial charge >= 0.3 is 5.97 Å². The molecule has 6 nitrogen and oxygen atoms in total. The van der Waals surface area contributed by atoms with Crippen LogP contribution in [0.1, 0.15) is 10.4 Å². The van der Waals surface area contributed by atoms with Gasteiger partial charge in [0.1, 0.15) is 9.32 Å². The van der Waals surface area contributed by atoms with Crippen molar-refractivity contribution in [3.8, 4) is 5.75 Å². The third-order valence-electron chi connectivity index (χ3n) is 1.86. The van der Waals surface area contributed by atoms with E-state index in [-0.39, 0.29) is 17.0 Å². The molecule has 0 saturated heterocycles. The van der Waals surface area contributed by atoms with Crippen LogP contribution in [-0.2, 0) is 4.74 Å². The molecule has 0 amide bonds. The lowest BCUT2D eigenvalue weighted by molar-refractivity contribution is -0.385. The number of carbonyl (C=O) groups is 1. The molecule has 86 valence electrons.